The molecule has 0 unspecified atom stereocenters. The molecule has 0 radical (unpaired) electrons. The third-order valence-electron chi connectivity index (χ3n) is 2.76. The van der Waals surface area contributed by atoms with Gasteiger partial charge in [-0.3, -0.25) is 0 Å². The number of nitrogens with zero attached hydrogens (tertiary/aromatic N) is 1. The van der Waals surface area contributed by atoms with E-state index in [1.54, 1.807) is 0 Å². The van der Waals surface area contributed by atoms with Gasteiger partial charge in [-0.2, -0.15) is 0 Å². The van der Waals surface area contributed by atoms with Gasteiger partial charge < -0.3 is 4.40 Å². The van der Waals surface area contributed by atoms with Gasteiger partial charge in [0.05, 0.1) is 10.0 Å². The minimum Gasteiger partial charge on any atom is -0.323 e. The van der Waals surface area contributed by atoms with E-state index in [2.05, 4.69) is 22.7 Å². The van der Waals surface area contributed by atoms with E-state index in [1.807, 2.05) is 36.5 Å². The Morgan fingerprint density at radius 2 is 1.71 bits per heavy atom. The molecular formula is C14H9Cl2N. The van der Waals surface area contributed by atoms with Crippen molar-refractivity contribution in [2.75, 3.05) is 0 Å². The molecule has 0 amide bonds. The smallest absolute Gasteiger partial charge is 0.0598 e. The Labute approximate surface area is 109 Å². The summed E-state index contributed by atoms with van der Waals surface area (Å²) in [4.78, 5) is 0. The van der Waals surface area contributed by atoms with Crippen LogP contribution < -0.4 is 0 Å². The fraction of sp³-hybridized carbons (Fsp3) is 0. The number of benzene rings is 1. The first-order valence-corrected chi connectivity index (χ1v) is 6.02. The maximum absolute atomic E-state index is 6.02. The maximum atomic E-state index is 6.02. The van der Waals surface area contributed by atoms with Crippen molar-refractivity contribution in [2.24, 2.45) is 0 Å². The van der Waals surface area contributed by atoms with Crippen LogP contribution in [-0.2, 0) is 0 Å². The Bertz CT molecular complexity index is 653. The lowest BCUT2D eigenvalue weighted by molar-refractivity contribution is 1.20. The molecule has 0 atom stereocenters. The molecule has 0 saturated heterocycles. The van der Waals surface area contributed by atoms with Crippen LogP contribution in [0.15, 0.2) is 54.9 Å². The van der Waals surface area contributed by atoms with E-state index in [0.717, 1.165) is 16.6 Å². The summed E-state index contributed by atoms with van der Waals surface area (Å²) >= 11 is 11.9. The Kier molecular flexibility index (Phi) is 2.58. The van der Waals surface area contributed by atoms with Gasteiger partial charge in [0.25, 0.3) is 0 Å². The van der Waals surface area contributed by atoms with Crippen molar-refractivity contribution in [2.45, 2.75) is 0 Å². The van der Waals surface area contributed by atoms with Crippen LogP contribution in [0.1, 0.15) is 0 Å². The second kappa shape index (κ2) is 4.10. The van der Waals surface area contributed by atoms with Crippen molar-refractivity contribution in [3.8, 4) is 11.1 Å². The number of halogens is 2. The minimum atomic E-state index is 0.583. The summed E-state index contributed by atoms with van der Waals surface area (Å²) in [6.45, 7) is 0. The Morgan fingerprint density at radius 1 is 0.824 bits per heavy atom. The summed E-state index contributed by atoms with van der Waals surface area (Å²) in [6.07, 6.45) is 4.10. The van der Waals surface area contributed by atoms with Crippen LogP contribution in [0.5, 0.6) is 0 Å². The molecule has 1 nitrogen and oxygen atoms in total. The van der Waals surface area contributed by atoms with Gasteiger partial charge in [0.1, 0.15) is 0 Å². The predicted molar refractivity (Wildman–Crippen MR) is 72.9 cm³/mol. The van der Waals surface area contributed by atoms with E-state index in [0.29, 0.717) is 10.0 Å². The van der Waals surface area contributed by atoms with Crippen LogP contribution in [0.2, 0.25) is 10.0 Å². The summed E-state index contributed by atoms with van der Waals surface area (Å²) in [6, 6.07) is 13.9. The van der Waals surface area contributed by atoms with Crippen LogP contribution in [0.4, 0.5) is 0 Å². The number of rotatable bonds is 1. The highest BCUT2D eigenvalue weighted by Crippen LogP contribution is 2.29. The van der Waals surface area contributed by atoms with Gasteiger partial charge in [0.15, 0.2) is 0 Å². The van der Waals surface area contributed by atoms with Crippen molar-refractivity contribution < 1.29 is 0 Å². The fourth-order valence-electron chi connectivity index (χ4n) is 1.89. The van der Waals surface area contributed by atoms with E-state index < -0.39 is 0 Å². The van der Waals surface area contributed by atoms with Gasteiger partial charge in [-0.15, -0.1) is 0 Å². The quantitative estimate of drug-likeness (QED) is 0.586. The van der Waals surface area contributed by atoms with E-state index in [9.17, 15) is 0 Å². The van der Waals surface area contributed by atoms with E-state index in [4.69, 9.17) is 23.2 Å². The molecule has 0 N–H and O–H groups in total. The van der Waals surface area contributed by atoms with Gasteiger partial charge >= 0.3 is 0 Å². The molecule has 0 aliphatic carbocycles. The van der Waals surface area contributed by atoms with Crippen molar-refractivity contribution >= 4 is 28.7 Å². The summed E-state index contributed by atoms with van der Waals surface area (Å²) in [7, 11) is 0. The molecule has 0 aliphatic heterocycles. The first kappa shape index (κ1) is 10.7. The van der Waals surface area contributed by atoms with Crippen molar-refractivity contribution in [3.63, 3.8) is 0 Å². The van der Waals surface area contributed by atoms with E-state index in [-0.39, 0.29) is 0 Å². The molecule has 0 bridgehead atoms. The second-order valence-corrected chi connectivity index (χ2v) is 4.70. The first-order valence-electron chi connectivity index (χ1n) is 5.26. The summed E-state index contributed by atoms with van der Waals surface area (Å²) in [5.74, 6) is 0. The number of aromatic nitrogens is 1. The number of hydrogen-bond acceptors (Lipinski definition) is 0. The zero-order valence-corrected chi connectivity index (χ0v) is 10.4. The fourth-order valence-corrected chi connectivity index (χ4v) is 2.19. The molecule has 2 aromatic heterocycles. The van der Waals surface area contributed by atoms with Crippen LogP contribution >= 0.6 is 23.2 Å². The standard InChI is InChI=1S/C14H9Cl2N/c15-13-5-4-10(8-14(13)16)11-7-12-3-1-2-6-17(12)9-11/h1-9H. The topological polar surface area (TPSA) is 4.41 Å². The molecular weight excluding hydrogens is 253 g/mol. The predicted octanol–water partition coefficient (Wildman–Crippen LogP) is 4.91. The monoisotopic (exact) mass is 261 g/mol. The van der Waals surface area contributed by atoms with Crippen LogP contribution in [0, 0.1) is 0 Å². The first-order chi connectivity index (χ1) is 8.24. The maximum Gasteiger partial charge on any atom is 0.0598 e. The minimum absolute atomic E-state index is 0.583. The largest absolute Gasteiger partial charge is 0.323 e. The molecule has 0 saturated carbocycles. The third-order valence-corrected chi connectivity index (χ3v) is 3.50. The average molecular weight is 262 g/mol. The normalized spacial score (nSPS) is 10.9. The Morgan fingerprint density at radius 3 is 2.47 bits per heavy atom. The molecule has 0 aliphatic rings. The highest BCUT2D eigenvalue weighted by molar-refractivity contribution is 6.42. The van der Waals surface area contributed by atoms with Gasteiger partial charge in [0.2, 0.25) is 0 Å². The van der Waals surface area contributed by atoms with Crippen molar-refractivity contribution in [1.29, 1.82) is 0 Å². The van der Waals surface area contributed by atoms with E-state index in [1.165, 1.54) is 0 Å². The van der Waals surface area contributed by atoms with E-state index >= 15 is 0 Å². The Balaban J connectivity index is 2.17. The highest BCUT2D eigenvalue weighted by atomic mass is 35.5. The lowest BCUT2D eigenvalue weighted by Crippen LogP contribution is -1.77. The molecule has 3 heteroatoms. The molecule has 84 valence electrons. The van der Waals surface area contributed by atoms with Crippen LogP contribution in [-0.4, -0.2) is 4.40 Å². The average Bonchev–Trinajstić information content (AvgIpc) is 2.76. The number of fused-ring (bicyclic) bond motifs is 1. The highest BCUT2D eigenvalue weighted by Gasteiger charge is 2.04. The zero-order valence-electron chi connectivity index (χ0n) is 8.90. The zero-order chi connectivity index (χ0) is 11.8. The van der Waals surface area contributed by atoms with Gasteiger partial charge in [-0.1, -0.05) is 35.3 Å². The molecule has 2 heterocycles. The van der Waals surface area contributed by atoms with Gasteiger partial charge in [0, 0.05) is 23.5 Å². The number of pyridine rings is 1. The molecule has 17 heavy (non-hydrogen) atoms. The number of hydrogen-bond donors (Lipinski definition) is 0. The van der Waals surface area contributed by atoms with Gasteiger partial charge in [-0.25, -0.2) is 0 Å². The summed E-state index contributed by atoms with van der Waals surface area (Å²) in [5, 5.41) is 1.17. The summed E-state index contributed by atoms with van der Waals surface area (Å²) in [5.41, 5.74) is 3.37. The lowest BCUT2D eigenvalue weighted by atomic mass is 10.1. The molecule has 0 fully saturated rings. The summed E-state index contributed by atoms with van der Waals surface area (Å²) < 4.78 is 2.08. The second-order valence-electron chi connectivity index (χ2n) is 3.89. The van der Waals surface area contributed by atoms with Crippen LogP contribution in [0.3, 0.4) is 0 Å². The lowest BCUT2D eigenvalue weighted by Gasteiger charge is -1.99. The third kappa shape index (κ3) is 1.92. The molecule has 3 rings (SSSR count). The van der Waals surface area contributed by atoms with Crippen LogP contribution in [0.25, 0.3) is 16.6 Å². The van der Waals surface area contributed by atoms with Gasteiger partial charge in [-0.05, 0) is 35.9 Å². The SMILES string of the molecule is Clc1ccc(-c2cc3ccccn3c2)cc1Cl. The molecule has 3 aromatic rings. The van der Waals surface area contributed by atoms with Crippen molar-refractivity contribution in [3.05, 3.63) is 64.9 Å². The molecule has 0 spiro atoms. The molecule has 1 aromatic carbocycles. The Hall–Kier alpha value is -1.44. The van der Waals surface area contributed by atoms with Crippen molar-refractivity contribution in [1.82, 2.24) is 4.40 Å².